The fourth-order valence-electron chi connectivity index (χ4n) is 4.89. The molecule has 2 aliphatic rings. The number of rotatable bonds is 7. The van der Waals surface area contributed by atoms with Gasteiger partial charge in [0.05, 0.1) is 5.75 Å². The standard InChI is InChI=1S/C23H38N4O2S/c1-24-22(25-17-20-9-11-21(12-10-20)18-30(2,28)29)26-19-23(13-5-3-6-14-23)27-15-7-4-8-16-27/h9-12H,3-8,13-19H2,1-2H3,(H2,24,25,26). The molecule has 168 valence electrons. The molecule has 1 heterocycles. The molecule has 6 nitrogen and oxygen atoms in total. The summed E-state index contributed by atoms with van der Waals surface area (Å²) in [5.41, 5.74) is 2.20. The van der Waals surface area contributed by atoms with Crippen molar-refractivity contribution in [3.8, 4) is 0 Å². The molecule has 0 atom stereocenters. The summed E-state index contributed by atoms with van der Waals surface area (Å²) in [6.07, 6.45) is 11.8. The van der Waals surface area contributed by atoms with E-state index in [1.165, 1.54) is 70.7 Å². The van der Waals surface area contributed by atoms with Crippen LogP contribution in [0.5, 0.6) is 0 Å². The Hall–Kier alpha value is -1.60. The van der Waals surface area contributed by atoms with Crippen molar-refractivity contribution in [2.75, 3.05) is 32.9 Å². The lowest BCUT2D eigenvalue weighted by Gasteiger charge is -2.48. The third-order valence-corrected chi connectivity index (χ3v) is 7.39. The van der Waals surface area contributed by atoms with Gasteiger partial charge in [0.2, 0.25) is 0 Å². The topological polar surface area (TPSA) is 73.8 Å². The maximum absolute atomic E-state index is 11.4. The van der Waals surface area contributed by atoms with Crippen molar-refractivity contribution in [3.63, 3.8) is 0 Å². The SMILES string of the molecule is CN=C(NCc1ccc(CS(C)(=O)=O)cc1)NCC1(N2CCCCC2)CCCCC1. The molecule has 2 fully saturated rings. The predicted octanol–water partition coefficient (Wildman–Crippen LogP) is 3.09. The third kappa shape index (κ3) is 6.71. The normalized spacial score (nSPS) is 20.7. The van der Waals surface area contributed by atoms with Gasteiger partial charge in [-0.05, 0) is 49.9 Å². The largest absolute Gasteiger partial charge is 0.355 e. The fourth-order valence-corrected chi connectivity index (χ4v) is 5.69. The summed E-state index contributed by atoms with van der Waals surface area (Å²) in [6.45, 7) is 4.07. The van der Waals surface area contributed by atoms with Crippen molar-refractivity contribution in [1.29, 1.82) is 0 Å². The minimum Gasteiger partial charge on any atom is -0.355 e. The predicted molar refractivity (Wildman–Crippen MR) is 124 cm³/mol. The Morgan fingerprint density at radius 1 is 0.967 bits per heavy atom. The zero-order valence-corrected chi connectivity index (χ0v) is 19.4. The number of aliphatic imine (C=N–C) groups is 1. The second-order valence-electron chi connectivity index (χ2n) is 9.00. The van der Waals surface area contributed by atoms with Crippen LogP contribution in [0.1, 0.15) is 62.5 Å². The summed E-state index contributed by atoms with van der Waals surface area (Å²) in [5, 5.41) is 7.02. The van der Waals surface area contributed by atoms with Gasteiger partial charge in [0, 0.05) is 31.9 Å². The Balaban J connectivity index is 1.54. The molecular formula is C23H38N4O2S. The summed E-state index contributed by atoms with van der Waals surface area (Å²) < 4.78 is 22.9. The summed E-state index contributed by atoms with van der Waals surface area (Å²) in [7, 11) is -1.18. The van der Waals surface area contributed by atoms with Gasteiger partial charge >= 0.3 is 0 Å². The molecule has 2 N–H and O–H groups in total. The number of hydrogen-bond acceptors (Lipinski definition) is 4. The molecule has 0 unspecified atom stereocenters. The number of sulfone groups is 1. The molecule has 1 aliphatic carbocycles. The van der Waals surface area contributed by atoms with E-state index in [1.807, 2.05) is 31.3 Å². The lowest BCUT2D eigenvalue weighted by atomic mass is 9.79. The number of benzene rings is 1. The Labute approximate surface area is 182 Å². The molecule has 7 heteroatoms. The molecule has 3 rings (SSSR count). The summed E-state index contributed by atoms with van der Waals surface area (Å²) in [4.78, 5) is 7.17. The van der Waals surface area contributed by atoms with E-state index in [9.17, 15) is 8.42 Å². The molecule has 1 aromatic rings. The molecule has 1 saturated carbocycles. The number of likely N-dealkylation sites (tertiary alicyclic amines) is 1. The molecule has 1 aliphatic heterocycles. The van der Waals surface area contributed by atoms with Crippen molar-refractivity contribution in [1.82, 2.24) is 15.5 Å². The summed E-state index contributed by atoms with van der Waals surface area (Å²) >= 11 is 0. The van der Waals surface area contributed by atoms with Crippen LogP contribution < -0.4 is 10.6 Å². The zero-order valence-electron chi connectivity index (χ0n) is 18.6. The van der Waals surface area contributed by atoms with Crippen molar-refractivity contribution in [2.24, 2.45) is 4.99 Å². The van der Waals surface area contributed by atoms with Gasteiger partial charge < -0.3 is 10.6 Å². The first-order valence-electron chi connectivity index (χ1n) is 11.4. The lowest BCUT2D eigenvalue weighted by Crippen LogP contribution is -2.59. The monoisotopic (exact) mass is 434 g/mol. The fraction of sp³-hybridized carbons (Fsp3) is 0.696. The highest BCUT2D eigenvalue weighted by molar-refractivity contribution is 7.89. The van der Waals surface area contributed by atoms with Crippen molar-refractivity contribution >= 4 is 15.8 Å². The molecule has 1 aromatic carbocycles. The first-order valence-corrected chi connectivity index (χ1v) is 13.4. The van der Waals surface area contributed by atoms with E-state index in [4.69, 9.17) is 0 Å². The zero-order chi connectivity index (χ0) is 21.5. The van der Waals surface area contributed by atoms with Gasteiger partial charge in [0.15, 0.2) is 15.8 Å². The number of nitrogens with zero attached hydrogens (tertiary/aromatic N) is 2. The van der Waals surface area contributed by atoms with Crippen molar-refractivity contribution in [2.45, 2.75) is 69.2 Å². The number of piperidine rings is 1. The van der Waals surface area contributed by atoms with Gasteiger partial charge in [-0.25, -0.2) is 8.42 Å². The van der Waals surface area contributed by atoms with E-state index >= 15 is 0 Å². The van der Waals surface area contributed by atoms with E-state index in [1.54, 1.807) is 0 Å². The van der Waals surface area contributed by atoms with E-state index in [0.717, 1.165) is 23.6 Å². The van der Waals surface area contributed by atoms with Crippen molar-refractivity contribution in [3.05, 3.63) is 35.4 Å². The molecule has 1 saturated heterocycles. The highest BCUT2D eigenvalue weighted by Gasteiger charge is 2.38. The minimum absolute atomic E-state index is 0.0858. The average molecular weight is 435 g/mol. The van der Waals surface area contributed by atoms with Gasteiger partial charge in [-0.2, -0.15) is 0 Å². The molecular weight excluding hydrogens is 396 g/mol. The van der Waals surface area contributed by atoms with E-state index < -0.39 is 9.84 Å². The number of hydrogen-bond donors (Lipinski definition) is 2. The molecule has 0 radical (unpaired) electrons. The van der Waals surface area contributed by atoms with Crippen LogP contribution in [-0.4, -0.2) is 57.8 Å². The maximum atomic E-state index is 11.4. The Morgan fingerprint density at radius 3 is 2.17 bits per heavy atom. The summed E-state index contributed by atoms with van der Waals surface area (Å²) in [5.74, 6) is 0.917. The minimum atomic E-state index is -3.00. The van der Waals surface area contributed by atoms with Crippen LogP contribution >= 0.6 is 0 Å². The second kappa shape index (κ2) is 10.6. The van der Waals surface area contributed by atoms with Crippen LogP contribution in [0, 0.1) is 0 Å². The Kier molecular flexibility index (Phi) is 8.17. The van der Waals surface area contributed by atoms with Gasteiger partial charge in [0.25, 0.3) is 0 Å². The first kappa shape index (κ1) is 23.1. The van der Waals surface area contributed by atoms with Crippen LogP contribution in [0.4, 0.5) is 0 Å². The second-order valence-corrected chi connectivity index (χ2v) is 11.1. The number of nitrogens with one attached hydrogen (secondary N) is 2. The molecule has 0 bridgehead atoms. The smallest absolute Gasteiger partial charge is 0.191 e. The maximum Gasteiger partial charge on any atom is 0.191 e. The average Bonchev–Trinajstić information content (AvgIpc) is 2.75. The first-order chi connectivity index (χ1) is 14.4. The Bertz CT molecular complexity index is 793. The van der Waals surface area contributed by atoms with Gasteiger partial charge in [-0.15, -0.1) is 0 Å². The Morgan fingerprint density at radius 2 is 1.57 bits per heavy atom. The van der Waals surface area contributed by atoms with Gasteiger partial charge in [0.1, 0.15) is 0 Å². The van der Waals surface area contributed by atoms with Gasteiger partial charge in [-0.3, -0.25) is 9.89 Å². The quantitative estimate of drug-likeness (QED) is 0.510. The molecule has 0 amide bonds. The van der Waals surface area contributed by atoms with E-state index in [-0.39, 0.29) is 11.3 Å². The van der Waals surface area contributed by atoms with Crippen LogP contribution in [0.2, 0.25) is 0 Å². The van der Waals surface area contributed by atoms with E-state index in [0.29, 0.717) is 6.54 Å². The third-order valence-electron chi connectivity index (χ3n) is 6.53. The van der Waals surface area contributed by atoms with Gasteiger partial charge in [-0.1, -0.05) is 49.9 Å². The molecule has 0 spiro atoms. The number of guanidine groups is 1. The van der Waals surface area contributed by atoms with Crippen LogP contribution in [-0.2, 0) is 22.1 Å². The van der Waals surface area contributed by atoms with Crippen LogP contribution in [0.3, 0.4) is 0 Å². The molecule has 30 heavy (non-hydrogen) atoms. The molecule has 0 aromatic heterocycles. The highest BCUT2D eigenvalue weighted by atomic mass is 32.2. The van der Waals surface area contributed by atoms with E-state index in [2.05, 4.69) is 20.5 Å². The van der Waals surface area contributed by atoms with Crippen LogP contribution in [0.25, 0.3) is 0 Å². The summed E-state index contributed by atoms with van der Waals surface area (Å²) in [6, 6.07) is 7.75. The van der Waals surface area contributed by atoms with Crippen LogP contribution in [0.15, 0.2) is 29.3 Å². The lowest BCUT2D eigenvalue weighted by molar-refractivity contribution is 0.0368. The highest BCUT2D eigenvalue weighted by Crippen LogP contribution is 2.35. The van der Waals surface area contributed by atoms with Crippen molar-refractivity contribution < 1.29 is 8.42 Å².